The van der Waals surface area contributed by atoms with Crippen molar-refractivity contribution in [2.24, 2.45) is 0 Å². The summed E-state index contributed by atoms with van der Waals surface area (Å²) in [6.45, 7) is 3.25. The van der Waals surface area contributed by atoms with E-state index in [2.05, 4.69) is 15.0 Å². The number of ether oxygens (including phenoxy) is 2. The van der Waals surface area contributed by atoms with E-state index in [1.165, 1.54) is 36.5 Å². The molecule has 0 aliphatic carbocycles. The minimum Gasteiger partial charge on any atom is -0.476 e. The predicted molar refractivity (Wildman–Crippen MR) is 123 cm³/mol. The van der Waals surface area contributed by atoms with E-state index in [1.54, 1.807) is 11.3 Å². The lowest BCUT2D eigenvalue weighted by Gasteiger charge is -2.34. The van der Waals surface area contributed by atoms with Gasteiger partial charge in [0.15, 0.2) is 29.1 Å². The van der Waals surface area contributed by atoms with Crippen molar-refractivity contribution in [3.05, 3.63) is 71.5 Å². The quantitative estimate of drug-likeness (QED) is 0.449. The number of anilines is 1. The van der Waals surface area contributed by atoms with Gasteiger partial charge in [0, 0.05) is 47.9 Å². The minimum absolute atomic E-state index is 0.0424. The maximum absolute atomic E-state index is 15.1. The Bertz CT molecular complexity index is 1570. The second-order valence-electron chi connectivity index (χ2n) is 9.15. The van der Waals surface area contributed by atoms with Gasteiger partial charge in [0.2, 0.25) is 0 Å². The maximum Gasteiger partial charge on any atom is 0.268 e. The van der Waals surface area contributed by atoms with Crippen molar-refractivity contribution in [3.8, 4) is 16.9 Å². The number of rotatable bonds is 4. The number of carbonyl (C=O) groups is 1. The lowest BCUT2D eigenvalue weighted by atomic mass is 10.0. The summed E-state index contributed by atoms with van der Waals surface area (Å²) in [5, 5.41) is 10.4. The molecule has 1 fully saturated rings. The van der Waals surface area contributed by atoms with Crippen molar-refractivity contribution in [1.82, 2.24) is 19.4 Å². The van der Waals surface area contributed by atoms with Crippen molar-refractivity contribution >= 4 is 17.2 Å². The Morgan fingerprint density at radius 2 is 1.86 bits per heavy atom. The number of aliphatic hydroxyl groups is 1. The molecule has 0 bridgehead atoms. The van der Waals surface area contributed by atoms with Crippen molar-refractivity contribution in [1.29, 1.82) is 0 Å². The zero-order chi connectivity index (χ0) is 26.1. The number of nitrogens with zero attached hydrogens (tertiary/aromatic N) is 5. The first-order valence-electron chi connectivity index (χ1n) is 11.4. The summed E-state index contributed by atoms with van der Waals surface area (Å²) in [6, 6.07) is 2.97. The van der Waals surface area contributed by atoms with Crippen LogP contribution in [0.1, 0.15) is 24.1 Å². The molecule has 1 saturated heterocycles. The number of carbonyl (C=O) groups excluding carboxylic acids is 1. The van der Waals surface area contributed by atoms with Gasteiger partial charge in [-0.05, 0) is 13.8 Å². The predicted octanol–water partition coefficient (Wildman–Crippen LogP) is 3.05. The SMILES string of the molecule is Cc1nc2cc(F)c(-c3cnc(C4(O)COC4)nc3)cn2c1CN1C(=O)[C@@H](C)Oc2c(F)cc(F)cc21. The summed E-state index contributed by atoms with van der Waals surface area (Å²) < 4.78 is 55.6. The molecule has 0 saturated carbocycles. The zero-order valence-corrected chi connectivity index (χ0v) is 19.7. The third kappa shape index (κ3) is 3.71. The first-order chi connectivity index (χ1) is 17.6. The highest BCUT2D eigenvalue weighted by atomic mass is 19.1. The molecule has 2 aliphatic rings. The zero-order valence-electron chi connectivity index (χ0n) is 19.7. The van der Waals surface area contributed by atoms with E-state index in [1.807, 2.05) is 0 Å². The number of pyridine rings is 1. The molecule has 190 valence electrons. The van der Waals surface area contributed by atoms with Crippen LogP contribution in [0.25, 0.3) is 16.8 Å². The van der Waals surface area contributed by atoms with Crippen LogP contribution in [0.4, 0.5) is 18.9 Å². The first-order valence-corrected chi connectivity index (χ1v) is 11.4. The Morgan fingerprint density at radius 1 is 1.14 bits per heavy atom. The van der Waals surface area contributed by atoms with Gasteiger partial charge in [-0.2, -0.15) is 0 Å². The molecule has 0 radical (unpaired) electrons. The van der Waals surface area contributed by atoms with Gasteiger partial charge in [-0.1, -0.05) is 0 Å². The van der Waals surface area contributed by atoms with Gasteiger partial charge in [0.1, 0.15) is 17.3 Å². The Balaban J connectivity index is 1.42. The van der Waals surface area contributed by atoms with Crippen LogP contribution in [0.15, 0.2) is 36.8 Å². The molecule has 5 heterocycles. The highest BCUT2D eigenvalue weighted by Gasteiger charge is 2.41. The number of halogens is 3. The number of aryl methyl sites for hydroxylation is 1. The van der Waals surface area contributed by atoms with E-state index in [-0.39, 0.29) is 48.2 Å². The summed E-state index contributed by atoms with van der Waals surface area (Å²) in [5.41, 5.74) is 0.509. The van der Waals surface area contributed by atoms with Crippen molar-refractivity contribution in [3.63, 3.8) is 0 Å². The molecule has 0 spiro atoms. The number of amides is 1. The molecule has 1 N–H and O–H groups in total. The maximum atomic E-state index is 15.1. The number of fused-ring (bicyclic) bond motifs is 2. The molecular weight excluding hydrogens is 491 g/mol. The topological polar surface area (TPSA) is 102 Å². The average Bonchev–Trinajstić information content (AvgIpc) is 3.14. The van der Waals surface area contributed by atoms with Gasteiger partial charge >= 0.3 is 0 Å². The molecule has 0 unspecified atom stereocenters. The number of hydrogen-bond donors (Lipinski definition) is 1. The lowest BCUT2D eigenvalue weighted by molar-refractivity contribution is -0.189. The van der Waals surface area contributed by atoms with Gasteiger partial charge in [-0.3, -0.25) is 9.69 Å². The Hall–Kier alpha value is -4.03. The molecule has 1 aromatic carbocycles. The molecular formula is C25H20F3N5O4. The van der Waals surface area contributed by atoms with Gasteiger partial charge in [0.25, 0.3) is 5.91 Å². The third-order valence-corrected chi connectivity index (χ3v) is 6.57. The van der Waals surface area contributed by atoms with Crippen LogP contribution in [0.5, 0.6) is 5.75 Å². The van der Waals surface area contributed by atoms with E-state index >= 15 is 4.39 Å². The molecule has 12 heteroatoms. The van der Waals surface area contributed by atoms with Crippen LogP contribution >= 0.6 is 0 Å². The molecule has 1 atom stereocenters. The number of aromatic nitrogens is 4. The van der Waals surface area contributed by atoms with E-state index in [4.69, 9.17) is 9.47 Å². The van der Waals surface area contributed by atoms with Gasteiger partial charge in [0.05, 0.1) is 36.8 Å². The fraction of sp³-hybridized carbons (Fsp3) is 0.280. The molecule has 6 rings (SSSR count). The van der Waals surface area contributed by atoms with E-state index in [9.17, 15) is 18.7 Å². The lowest BCUT2D eigenvalue weighted by Crippen LogP contribution is -2.47. The summed E-state index contributed by atoms with van der Waals surface area (Å²) in [7, 11) is 0. The summed E-state index contributed by atoms with van der Waals surface area (Å²) >= 11 is 0. The van der Waals surface area contributed by atoms with Crippen LogP contribution in [-0.4, -0.2) is 49.7 Å². The molecule has 37 heavy (non-hydrogen) atoms. The first kappa shape index (κ1) is 23.4. The van der Waals surface area contributed by atoms with E-state index in [0.717, 1.165) is 6.07 Å². The van der Waals surface area contributed by atoms with Crippen LogP contribution in [0.2, 0.25) is 0 Å². The largest absolute Gasteiger partial charge is 0.476 e. The van der Waals surface area contributed by atoms with E-state index in [0.29, 0.717) is 23.0 Å². The Kier molecular flexibility index (Phi) is 5.21. The van der Waals surface area contributed by atoms with Crippen LogP contribution < -0.4 is 9.64 Å². The average molecular weight is 511 g/mol. The number of hydrogen-bond acceptors (Lipinski definition) is 7. The third-order valence-electron chi connectivity index (χ3n) is 6.57. The monoisotopic (exact) mass is 511 g/mol. The normalized spacial score (nSPS) is 18.5. The summed E-state index contributed by atoms with van der Waals surface area (Å²) in [5.74, 6) is -2.87. The van der Waals surface area contributed by atoms with Crippen molar-refractivity contribution < 1.29 is 32.5 Å². The molecule has 1 amide bonds. The number of imidazole rings is 1. The number of benzene rings is 1. The molecule has 4 aromatic rings. The fourth-order valence-electron chi connectivity index (χ4n) is 4.51. The minimum atomic E-state index is -1.26. The smallest absolute Gasteiger partial charge is 0.268 e. The van der Waals surface area contributed by atoms with Gasteiger partial charge in [-0.15, -0.1) is 0 Å². The van der Waals surface area contributed by atoms with Crippen molar-refractivity contribution in [2.45, 2.75) is 32.1 Å². The Morgan fingerprint density at radius 3 is 2.54 bits per heavy atom. The van der Waals surface area contributed by atoms with Crippen LogP contribution in [0, 0.1) is 24.4 Å². The van der Waals surface area contributed by atoms with Crippen LogP contribution in [0.3, 0.4) is 0 Å². The second kappa shape index (κ2) is 8.25. The summed E-state index contributed by atoms with van der Waals surface area (Å²) in [4.78, 5) is 27.0. The summed E-state index contributed by atoms with van der Waals surface area (Å²) in [6.07, 6.45) is 3.32. The van der Waals surface area contributed by atoms with Crippen molar-refractivity contribution in [2.75, 3.05) is 18.1 Å². The standard InChI is InChI=1S/C25H20F3N5O4/c1-12-20(9-33-19-4-15(26)3-18(28)22(19)37-13(2)23(33)34)32-8-16(17(27)5-21(32)31-12)14-6-29-24(30-7-14)25(35)10-36-11-25/h3-8,13,35H,9-11H2,1-2H3/t13-/m1/s1. The second-order valence-corrected chi connectivity index (χ2v) is 9.15. The molecule has 3 aromatic heterocycles. The highest BCUT2D eigenvalue weighted by molar-refractivity contribution is 5.99. The van der Waals surface area contributed by atoms with Gasteiger partial charge < -0.3 is 19.0 Å². The Labute approximate surface area is 208 Å². The van der Waals surface area contributed by atoms with Gasteiger partial charge in [-0.25, -0.2) is 28.1 Å². The van der Waals surface area contributed by atoms with E-state index < -0.39 is 35.1 Å². The molecule has 9 nitrogen and oxygen atoms in total. The molecule has 2 aliphatic heterocycles. The fourth-order valence-corrected chi connectivity index (χ4v) is 4.51. The van der Waals surface area contributed by atoms with Crippen LogP contribution in [-0.2, 0) is 21.7 Å². The highest BCUT2D eigenvalue weighted by Crippen LogP contribution is 2.38.